The minimum Gasteiger partial charge on any atom is -0.497 e. The second kappa shape index (κ2) is 6.81. The first-order valence-electron chi connectivity index (χ1n) is 9.72. The van der Waals surface area contributed by atoms with E-state index < -0.39 is 0 Å². The summed E-state index contributed by atoms with van der Waals surface area (Å²) in [5, 5.41) is 8.39. The van der Waals surface area contributed by atoms with Gasteiger partial charge in [0.05, 0.1) is 13.2 Å². The van der Waals surface area contributed by atoms with Crippen molar-refractivity contribution in [3.8, 4) is 5.75 Å². The molecule has 6 heteroatoms. The Hall–Kier alpha value is -3.54. The summed E-state index contributed by atoms with van der Waals surface area (Å²) >= 11 is 0. The molecule has 1 aliphatic heterocycles. The number of fused-ring (bicyclic) bond motifs is 2. The first-order valence-corrected chi connectivity index (χ1v) is 9.72. The molecule has 1 aliphatic rings. The quantitative estimate of drug-likeness (QED) is 0.545. The lowest BCUT2D eigenvalue weighted by Crippen LogP contribution is -2.31. The fourth-order valence-electron chi connectivity index (χ4n) is 4.29. The van der Waals surface area contributed by atoms with Gasteiger partial charge in [0, 0.05) is 34.9 Å². The Morgan fingerprint density at radius 2 is 2.00 bits per heavy atom. The molecule has 0 radical (unpaired) electrons. The summed E-state index contributed by atoms with van der Waals surface area (Å²) in [6.07, 6.45) is 2.77. The van der Waals surface area contributed by atoms with Crippen LogP contribution in [-0.4, -0.2) is 39.6 Å². The van der Waals surface area contributed by atoms with Crippen molar-refractivity contribution in [1.82, 2.24) is 20.1 Å². The fourth-order valence-corrected chi connectivity index (χ4v) is 4.29. The molecule has 0 unspecified atom stereocenters. The van der Waals surface area contributed by atoms with Crippen LogP contribution in [0.2, 0.25) is 0 Å². The number of aryl methyl sites for hydroxylation is 1. The molecule has 3 heterocycles. The van der Waals surface area contributed by atoms with E-state index in [4.69, 9.17) is 4.74 Å². The Morgan fingerprint density at radius 1 is 1.17 bits per heavy atom. The van der Waals surface area contributed by atoms with E-state index in [9.17, 15) is 4.79 Å². The molecule has 4 aromatic rings. The molecular formula is C23H22N4O2. The molecular weight excluding hydrogens is 364 g/mol. The molecule has 29 heavy (non-hydrogen) atoms. The Kier molecular flexibility index (Phi) is 4.12. The molecule has 0 saturated carbocycles. The highest BCUT2D eigenvalue weighted by Gasteiger charge is 2.41. The second-order valence-corrected chi connectivity index (χ2v) is 7.40. The van der Waals surface area contributed by atoms with Gasteiger partial charge in [-0.1, -0.05) is 30.3 Å². The van der Waals surface area contributed by atoms with Gasteiger partial charge in [-0.3, -0.25) is 9.89 Å². The zero-order valence-corrected chi connectivity index (χ0v) is 16.4. The predicted octanol–water partition coefficient (Wildman–Crippen LogP) is 4.00. The van der Waals surface area contributed by atoms with Gasteiger partial charge in [0.25, 0.3) is 5.91 Å². The van der Waals surface area contributed by atoms with E-state index in [0.717, 1.165) is 39.9 Å². The summed E-state index contributed by atoms with van der Waals surface area (Å²) in [6, 6.07) is 16.0. The number of amides is 1. The van der Waals surface area contributed by atoms with Crippen molar-refractivity contribution >= 4 is 16.8 Å². The lowest BCUT2D eigenvalue weighted by Gasteiger charge is -2.26. The number of benzene rings is 2. The number of aromatic amines is 2. The van der Waals surface area contributed by atoms with E-state index in [0.29, 0.717) is 12.2 Å². The van der Waals surface area contributed by atoms with E-state index in [1.165, 1.54) is 5.56 Å². The molecule has 146 valence electrons. The molecule has 2 aromatic carbocycles. The zero-order chi connectivity index (χ0) is 20.0. The second-order valence-electron chi connectivity index (χ2n) is 7.40. The van der Waals surface area contributed by atoms with E-state index in [1.807, 2.05) is 54.4 Å². The molecule has 0 aliphatic carbocycles. The van der Waals surface area contributed by atoms with E-state index >= 15 is 0 Å². The average Bonchev–Trinajstić information content (AvgIpc) is 3.41. The summed E-state index contributed by atoms with van der Waals surface area (Å²) in [5.41, 5.74) is 5.81. The maximum absolute atomic E-state index is 13.1. The largest absolute Gasteiger partial charge is 0.497 e. The van der Waals surface area contributed by atoms with Crippen molar-refractivity contribution in [3.63, 3.8) is 0 Å². The maximum Gasteiger partial charge on any atom is 0.275 e. The van der Waals surface area contributed by atoms with Crippen LogP contribution in [0.1, 0.15) is 38.9 Å². The number of aromatic nitrogens is 3. The van der Waals surface area contributed by atoms with Crippen LogP contribution in [0.5, 0.6) is 5.75 Å². The number of hydrogen-bond acceptors (Lipinski definition) is 3. The van der Waals surface area contributed by atoms with Gasteiger partial charge in [0.15, 0.2) is 5.69 Å². The number of nitrogens with one attached hydrogen (secondary N) is 2. The molecule has 0 fully saturated rings. The van der Waals surface area contributed by atoms with Crippen LogP contribution in [0.3, 0.4) is 0 Å². The molecule has 6 nitrogen and oxygen atoms in total. The summed E-state index contributed by atoms with van der Waals surface area (Å²) in [7, 11) is 1.67. The van der Waals surface area contributed by atoms with Gasteiger partial charge in [-0.05, 0) is 42.7 Å². The first kappa shape index (κ1) is 17.6. The van der Waals surface area contributed by atoms with E-state index in [1.54, 1.807) is 7.11 Å². The number of H-pyrrole nitrogens is 2. The topological polar surface area (TPSA) is 74.0 Å². The standard InChI is InChI=1S/C23H22N4O2/c1-14-20-21(26-25-14)23(28)27(22(20)15-6-4-3-5-7-15)11-10-16-13-24-19-9-8-17(29-2)12-18(16)19/h3-9,12-13,22,24H,10-11H2,1-2H3,(H,25,26)/t22-/m1/s1. The number of carbonyl (C=O) groups excluding carboxylic acids is 1. The van der Waals surface area contributed by atoms with Crippen molar-refractivity contribution < 1.29 is 9.53 Å². The Morgan fingerprint density at radius 3 is 2.79 bits per heavy atom. The van der Waals surface area contributed by atoms with Crippen molar-refractivity contribution in [2.45, 2.75) is 19.4 Å². The highest BCUT2D eigenvalue weighted by Crippen LogP contribution is 2.39. The molecule has 0 saturated heterocycles. The van der Waals surface area contributed by atoms with Crippen LogP contribution in [0, 0.1) is 6.92 Å². The van der Waals surface area contributed by atoms with Gasteiger partial charge in [0.1, 0.15) is 5.75 Å². The molecule has 5 rings (SSSR count). The highest BCUT2D eigenvalue weighted by molar-refractivity contribution is 5.98. The molecule has 1 amide bonds. The van der Waals surface area contributed by atoms with Crippen LogP contribution in [0.4, 0.5) is 0 Å². The number of methoxy groups -OCH3 is 1. The summed E-state index contributed by atoms with van der Waals surface area (Å²) in [6.45, 7) is 2.59. The molecule has 0 spiro atoms. The predicted molar refractivity (Wildman–Crippen MR) is 111 cm³/mol. The van der Waals surface area contributed by atoms with Crippen LogP contribution >= 0.6 is 0 Å². The lowest BCUT2D eigenvalue weighted by atomic mass is 9.99. The molecule has 2 N–H and O–H groups in total. The Bertz CT molecular complexity index is 1190. The van der Waals surface area contributed by atoms with Crippen molar-refractivity contribution in [1.29, 1.82) is 0 Å². The van der Waals surface area contributed by atoms with Gasteiger partial charge in [-0.2, -0.15) is 5.10 Å². The van der Waals surface area contributed by atoms with Crippen LogP contribution < -0.4 is 4.74 Å². The van der Waals surface area contributed by atoms with Crippen LogP contribution in [-0.2, 0) is 6.42 Å². The van der Waals surface area contributed by atoms with Crippen molar-refractivity contribution in [2.24, 2.45) is 0 Å². The van der Waals surface area contributed by atoms with Crippen LogP contribution in [0.15, 0.2) is 54.7 Å². The minimum atomic E-state index is -0.114. The lowest BCUT2D eigenvalue weighted by molar-refractivity contribution is 0.0745. The molecule has 2 aromatic heterocycles. The van der Waals surface area contributed by atoms with Crippen LogP contribution in [0.25, 0.3) is 10.9 Å². The van der Waals surface area contributed by atoms with Gasteiger partial charge in [0.2, 0.25) is 0 Å². The summed E-state index contributed by atoms with van der Waals surface area (Å²) in [5.74, 6) is 0.809. The number of hydrogen-bond donors (Lipinski definition) is 2. The van der Waals surface area contributed by atoms with Gasteiger partial charge >= 0.3 is 0 Å². The number of nitrogens with zero attached hydrogens (tertiary/aromatic N) is 2. The van der Waals surface area contributed by atoms with Gasteiger partial charge in [-0.15, -0.1) is 0 Å². The number of rotatable bonds is 5. The third-order valence-electron chi connectivity index (χ3n) is 5.76. The zero-order valence-electron chi connectivity index (χ0n) is 16.4. The van der Waals surface area contributed by atoms with Gasteiger partial charge in [-0.25, -0.2) is 0 Å². The third-order valence-corrected chi connectivity index (χ3v) is 5.76. The van der Waals surface area contributed by atoms with E-state index in [-0.39, 0.29) is 11.9 Å². The molecule has 0 bridgehead atoms. The normalized spacial score (nSPS) is 15.9. The smallest absolute Gasteiger partial charge is 0.275 e. The Balaban J connectivity index is 1.48. The average molecular weight is 386 g/mol. The SMILES string of the molecule is COc1ccc2[nH]cc(CCN3C(=O)c4n[nH]c(C)c4[C@H]3c3ccccc3)c2c1. The van der Waals surface area contributed by atoms with Crippen molar-refractivity contribution in [2.75, 3.05) is 13.7 Å². The highest BCUT2D eigenvalue weighted by atomic mass is 16.5. The maximum atomic E-state index is 13.1. The monoisotopic (exact) mass is 386 g/mol. The first-order chi connectivity index (χ1) is 14.2. The minimum absolute atomic E-state index is 0.0179. The number of ether oxygens (including phenoxy) is 1. The van der Waals surface area contributed by atoms with Gasteiger partial charge < -0.3 is 14.6 Å². The molecule has 1 atom stereocenters. The number of carbonyl (C=O) groups is 1. The van der Waals surface area contributed by atoms with E-state index in [2.05, 4.69) is 27.3 Å². The summed E-state index contributed by atoms with van der Waals surface area (Å²) < 4.78 is 5.37. The third kappa shape index (κ3) is 2.79. The van der Waals surface area contributed by atoms with Crippen molar-refractivity contribution in [3.05, 3.63) is 82.8 Å². The summed E-state index contributed by atoms with van der Waals surface area (Å²) in [4.78, 5) is 18.4. The fraction of sp³-hybridized carbons (Fsp3) is 0.217. The Labute approximate surface area is 168 Å².